The van der Waals surface area contributed by atoms with Gasteiger partial charge in [-0.2, -0.15) is 0 Å². The summed E-state index contributed by atoms with van der Waals surface area (Å²) in [5, 5.41) is 2.19. The summed E-state index contributed by atoms with van der Waals surface area (Å²) < 4.78 is 0. The summed E-state index contributed by atoms with van der Waals surface area (Å²) in [5.41, 5.74) is 0.773. The Balaban J connectivity index is 1.97. The van der Waals surface area contributed by atoms with Crippen LogP contribution in [0.2, 0.25) is 0 Å². The second-order valence-corrected chi connectivity index (χ2v) is 4.82. The fraction of sp³-hybridized carbons (Fsp3) is 0.0588. The highest BCUT2D eigenvalue weighted by Crippen LogP contribution is 2.22. The van der Waals surface area contributed by atoms with E-state index in [4.69, 9.17) is 0 Å². The Morgan fingerprint density at radius 3 is 2.48 bits per heavy atom. The molecule has 3 aromatic rings. The highest BCUT2D eigenvalue weighted by molar-refractivity contribution is 6.05. The van der Waals surface area contributed by atoms with Gasteiger partial charge in [0.15, 0.2) is 0 Å². The average Bonchev–Trinajstić information content (AvgIpc) is 2.53. The van der Waals surface area contributed by atoms with Gasteiger partial charge in [-0.1, -0.05) is 36.4 Å². The van der Waals surface area contributed by atoms with Gasteiger partial charge in [0.2, 0.25) is 5.56 Å². The molecule has 2 aromatic carbocycles. The Morgan fingerprint density at radius 1 is 0.952 bits per heavy atom. The molecule has 0 unspecified atom stereocenters. The van der Waals surface area contributed by atoms with Crippen molar-refractivity contribution in [2.45, 2.75) is 0 Å². The van der Waals surface area contributed by atoms with E-state index in [1.54, 1.807) is 19.2 Å². The third kappa shape index (κ3) is 2.56. The number of hydrogen-bond acceptors (Lipinski definition) is 2. The maximum atomic E-state index is 12.4. The number of benzene rings is 2. The van der Waals surface area contributed by atoms with Gasteiger partial charge >= 0.3 is 0 Å². The van der Waals surface area contributed by atoms with E-state index in [2.05, 4.69) is 4.98 Å². The van der Waals surface area contributed by atoms with E-state index >= 15 is 0 Å². The molecule has 1 heterocycles. The van der Waals surface area contributed by atoms with Crippen molar-refractivity contribution in [2.24, 2.45) is 0 Å². The number of aromatic amines is 1. The minimum atomic E-state index is -0.284. The summed E-state index contributed by atoms with van der Waals surface area (Å²) in [6.45, 7) is 0. The lowest BCUT2D eigenvalue weighted by Gasteiger charge is -2.17. The number of nitrogens with zero attached hydrogens (tertiary/aromatic N) is 1. The molecule has 21 heavy (non-hydrogen) atoms. The Hall–Kier alpha value is -2.88. The summed E-state index contributed by atoms with van der Waals surface area (Å²) in [6.07, 6.45) is 0. The van der Waals surface area contributed by atoms with Gasteiger partial charge in [0, 0.05) is 18.8 Å². The number of H-pyrrole nitrogens is 1. The van der Waals surface area contributed by atoms with Crippen molar-refractivity contribution < 1.29 is 4.79 Å². The molecule has 0 fully saturated rings. The number of carbonyl (C=O) groups is 1. The summed E-state index contributed by atoms with van der Waals surface area (Å²) in [7, 11) is 1.69. The van der Waals surface area contributed by atoms with Crippen molar-refractivity contribution in [1.29, 1.82) is 0 Å². The largest absolute Gasteiger partial charge is 0.318 e. The minimum Gasteiger partial charge on any atom is -0.318 e. The number of rotatable bonds is 2. The smallest absolute Gasteiger partial charge is 0.274 e. The number of nitrogens with one attached hydrogen (secondary N) is 1. The monoisotopic (exact) mass is 278 g/mol. The number of amides is 1. The van der Waals surface area contributed by atoms with Crippen LogP contribution in [-0.2, 0) is 0 Å². The second kappa shape index (κ2) is 5.25. The summed E-state index contributed by atoms with van der Waals surface area (Å²) in [5.74, 6) is -0.247. The molecule has 0 atom stereocenters. The first-order valence-electron chi connectivity index (χ1n) is 6.61. The third-order valence-corrected chi connectivity index (χ3v) is 3.42. The van der Waals surface area contributed by atoms with E-state index in [9.17, 15) is 9.59 Å². The highest BCUT2D eigenvalue weighted by Gasteiger charge is 2.14. The average molecular weight is 278 g/mol. The first-order chi connectivity index (χ1) is 10.1. The van der Waals surface area contributed by atoms with Crippen LogP contribution in [0.25, 0.3) is 10.8 Å². The Bertz CT molecular complexity index is 868. The Labute approximate surface area is 121 Å². The van der Waals surface area contributed by atoms with E-state index in [1.807, 2.05) is 42.5 Å². The second-order valence-electron chi connectivity index (χ2n) is 4.82. The molecule has 0 aliphatic rings. The van der Waals surface area contributed by atoms with E-state index in [0.29, 0.717) is 0 Å². The van der Waals surface area contributed by atoms with Crippen LogP contribution in [-0.4, -0.2) is 17.9 Å². The molecular weight excluding hydrogens is 264 g/mol. The van der Waals surface area contributed by atoms with Crippen LogP contribution in [0.1, 0.15) is 10.5 Å². The van der Waals surface area contributed by atoms with Crippen LogP contribution in [0.15, 0.2) is 65.5 Å². The molecule has 0 radical (unpaired) electrons. The van der Waals surface area contributed by atoms with Gasteiger partial charge in [-0.3, -0.25) is 9.59 Å². The van der Waals surface area contributed by atoms with Crippen LogP contribution in [0, 0.1) is 0 Å². The number of pyridine rings is 1. The number of anilines is 1. The number of fused-ring (bicyclic) bond motifs is 1. The van der Waals surface area contributed by atoms with Gasteiger partial charge in [-0.05, 0) is 29.0 Å². The van der Waals surface area contributed by atoms with E-state index in [-0.39, 0.29) is 17.2 Å². The maximum Gasteiger partial charge on any atom is 0.274 e. The van der Waals surface area contributed by atoms with Crippen molar-refractivity contribution >= 4 is 22.4 Å². The van der Waals surface area contributed by atoms with Gasteiger partial charge < -0.3 is 9.88 Å². The predicted molar refractivity (Wildman–Crippen MR) is 83.7 cm³/mol. The molecule has 1 amide bonds. The first-order valence-corrected chi connectivity index (χ1v) is 6.61. The van der Waals surface area contributed by atoms with Crippen LogP contribution in [0.3, 0.4) is 0 Å². The molecule has 0 aliphatic heterocycles. The van der Waals surface area contributed by atoms with Gasteiger partial charge in [0.1, 0.15) is 5.69 Å². The zero-order valence-electron chi connectivity index (χ0n) is 11.5. The lowest BCUT2D eigenvalue weighted by molar-refractivity contribution is 0.0988. The zero-order chi connectivity index (χ0) is 14.8. The van der Waals surface area contributed by atoms with Crippen molar-refractivity contribution in [3.8, 4) is 0 Å². The lowest BCUT2D eigenvalue weighted by Crippen LogP contribution is -2.28. The van der Waals surface area contributed by atoms with Crippen LogP contribution in [0.4, 0.5) is 5.69 Å². The van der Waals surface area contributed by atoms with Crippen molar-refractivity contribution in [3.63, 3.8) is 0 Å². The van der Waals surface area contributed by atoms with Crippen LogP contribution in [0.5, 0.6) is 0 Å². The molecule has 0 saturated carbocycles. The van der Waals surface area contributed by atoms with Crippen LogP contribution < -0.4 is 10.5 Å². The highest BCUT2D eigenvalue weighted by atomic mass is 16.2. The molecule has 1 aromatic heterocycles. The summed E-state index contributed by atoms with van der Waals surface area (Å²) in [4.78, 5) is 27.8. The molecule has 104 valence electrons. The van der Waals surface area contributed by atoms with E-state index in [1.165, 1.54) is 11.0 Å². The fourth-order valence-corrected chi connectivity index (χ4v) is 2.26. The molecule has 4 nitrogen and oxygen atoms in total. The Kier molecular flexibility index (Phi) is 3.28. The first kappa shape index (κ1) is 13.1. The standard InChI is InChI=1S/C17H14N2O2/c1-19(17(21)15-7-4-8-16(20)18-15)14-10-9-12-5-2-3-6-13(12)11-14/h2-11H,1H3,(H,18,20). The quantitative estimate of drug-likeness (QED) is 0.783. The number of hydrogen-bond donors (Lipinski definition) is 1. The number of aromatic nitrogens is 1. The normalized spacial score (nSPS) is 10.5. The molecular formula is C17H14N2O2. The molecule has 4 heteroatoms. The van der Waals surface area contributed by atoms with Crippen molar-refractivity contribution in [3.05, 3.63) is 76.7 Å². The van der Waals surface area contributed by atoms with Gasteiger partial charge in [0.25, 0.3) is 5.91 Å². The van der Waals surface area contributed by atoms with Gasteiger partial charge in [-0.25, -0.2) is 0 Å². The molecule has 0 spiro atoms. The molecule has 0 bridgehead atoms. The summed E-state index contributed by atoms with van der Waals surface area (Å²) >= 11 is 0. The lowest BCUT2D eigenvalue weighted by atomic mass is 10.1. The number of carbonyl (C=O) groups excluding carboxylic acids is 1. The van der Waals surface area contributed by atoms with Crippen LogP contribution >= 0.6 is 0 Å². The maximum absolute atomic E-state index is 12.4. The zero-order valence-corrected chi connectivity index (χ0v) is 11.5. The van der Waals surface area contributed by atoms with E-state index < -0.39 is 0 Å². The molecule has 0 saturated heterocycles. The molecule has 0 aliphatic carbocycles. The van der Waals surface area contributed by atoms with Crippen molar-refractivity contribution in [2.75, 3.05) is 11.9 Å². The van der Waals surface area contributed by atoms with Gasteiger partial charge in [0.05, 0.1) is 0 Å². The SMILES string of the molecule is CN(C(=O)c1cccc(=O)[nH]1)c1ccc2ccccc2c1. The van der Waals surface area contributed by atoms with Crippen molar-refractivity contribution in [1.82, 2.24) is 4.98 Å². The summed E-state index contributed by atoms with van der Waals surface area (Å²) in [6, 6.07) is 18.3. The Morgan fingerprint density at radius 2 is 1.71 bits per heavy atom. The predicted octanol–water partition coefficient (Wildman–Crippen LogP) is 2.80. The van der Waals surface area contributed by atoms with E-state index in [0.717, 1.165) is 16.5 Å². The fourth-order valence-electron chi connectivity index (χ4n) is 2.26. The topological polar surface area (TPSA) is 53.2 Å². The van der Waals surface area contributed by atoms with Gasteiger partial charge in [-0.15, -0.1) is 0 Å². The molecule has 3 rings (SSSR count). The molecule has 1 N–H and O–H groups in total. The minimum absolute atomic E-state index is 0.247. The third-order valence-electron chi connectivity index (χ3n) is 3.42.